The zero-order valence-electron chi connectivity index (χ0n) is 9.78. The molecule has 1 N–H and O–H groups in total. The SMILES string of the molecule is C/C=C(\C)C(=O)N(CC)C[C@@H](C)C(=O)O. The van der Waals surface area contributed by atoms with E-state index >= 15 is 0 Å². The van der Waals surface area contributed by atoms with Gasteiger partial charge in [0.1, 0.15) is 0 Å². The van der Waals surface area contributed by atoms with Crippen LogP contribution in [0.1, 0.15) is 27.7 Å². The average Bonchev–Trinajstić information content (AvgIpc) is 2.23. The molecular weight excluding hydrogens is 194 g/mol. The van der Waals surface area contributed by atoms with E-state index in [-0.39, 0.29) is 12.5 Å². The molecule has 0 aliphatic rings. The maximum Gasteiger partial charge on any atom is 0.308 e. The average molecular weight is 213 g/mol. The predicted molar refractivity (Wildman–Crippen MR) is 58.5 cm³/mol. The molecule has 0 fully saturated rings. The molecule has 0 radical (unpaired) electrons. The first kappa shape index (κ1) is 13.7. The summed E-state index contributed by atoms with van der Waals surface area (Å²) in [6.45, 7) is 7.76. The lowest BCUT2D eigenvalue weighted by Crippen LogP contribution is -2.37. The second kappa shape index (κ2) is 6.22. The molecule has 0 bridgehead atoms. The number of aliphatic carboxylic acids is 1. The minimum atomic E-state index is -0.876. The standard InChI is InChI=1S/C11H19NO3/c1-5-8(3)10(13)12(6-2)7-9(4)11(14)15/h5,9H,6-7H2,1-4H3,(H,14,15)/b8-5+/t9-/m1/s1. The zero-order chi connectivity index (χ0) is 12.0. The minimum absolute atomic E-state index is 0.0897. The van der Waals surface area contributed by atoms with Gasteiger partial charge in [0.05, 0.1) is 5.92 Å². The fourth-order valence-electron chi connectivity index (χ4n) is 1.14. The Balaban J connectivity index is 4.51. The molecule has 1 atom stereocenters. The Morgan fingerprint density at radius 2 is 2.00 bits per heavy atom. The van der Waals surface area contributed by atoms with Gasteiger partial charge in [-0.2, -0.15) is 0 Å². The van der Waals surface area contributed by atoms with Crippen LogP contribution in [0.25, 0.3) is 0 Å². The Labute approximate surface area is 90.6 Å². The Bertz CT molecular complexity index is 271. The van der Waals surface area contributed by atoms with Gasteiger partial charge in [0.15, 0.2) is 0 Å². The van der Waals surface area contributed by atoms with Crippen molar-refractivity contribution in [2.75, 3.05) is 13.1 Å². The third kappa shape index (κ3) is 4.14. The number of carbonyl (C=O) groups is 2. The van der Waals surface area contributed by atoms with Gasteiger partial charge in [0.25, 0.3) is 0 Å². The second-order valence-electron chi connectivity index (χ2n) is 3.55. The summed E-state index contributed by atoms with van der Waals surface area (Å²) < 4.78 is 0. The number of amides is 1. The first-order valence-electron chi connectivity index (χ1n) is 5.09. The van der Waals surface area contributed by atoms with E-state index in [0.717, 1.165) is 0 Å². The van der Waals surface area contributed by atoms with E-state index < -0.39 is 11.9 Å². The van der Waals surface area contributed by atoms with Crippen LogP contribution in [0.3, 0.4) is 0 Å². The molecule has 0 aliphatic heterocycles. The molecule has 0 aromatic carbocycles. The van der Waals surface area contributed by atoms with Crippen molar-refractivity contribution in [3.63, 3.8) is 0 Å². The van der Waals surface area contributed by atoms with Crippen LogP contribution in [0.2, 0.25) is 0 Å². The summed E-state index contributed by atoms with van der Waals surface area (Å²) in [6.07, 6.45) is 1.73. The van der Waals surface area contributed by atoms with Crippen LogP contribution in [0, 0.1) is 5.92 Å². The summed E-state index contributed by atoms with van der Waals surface area (Å²) in [5.41, 5.74) is 0.648. The molecule has 4 nitrogen and oxygen atoms in total. The molecule has 0 aromatic rings. The lowest BCUT2D eigenvalue weighted by Gasteiger charge is -2.23. The van der Waals surface area contributed by atoms with Crippen molar-refractivity contribution in [3.8, 4) is 0 Å². The molecule has 86 valence electrons. The summed E-state index contributed by atoms with van der Waals surface area (Å²) in [6, 6.07) is 0. The number of rotatable bonds is 5. The summed E-state index contributed by atoms with van der Waals surface area (Å²) in [4.78, 5) is 23.9. The smallest absolute Gasteiger partial charge is 0.308 e. The van der Waals surface area contributed by atoms with Crippen molar-refractivity contribution in [3.05, 3.63) is 11.6 Å². The minimum Gasteiger partial charge on any atom is -0.481 e. The van der Waals surface area contributed by atoms with Gasteiger partial charge in [-0.1, -0.05) is 13.0 Å². The van der Waals surface area contributed by atoms with Crippen molar-refractivity contribution in [2.45, 2.75) is 27.7 Å². The van der Waals surface area contributed by atoms with Crippen LogP contribution in [-0.4, -0.2) is 35.0 Å². The predicted octanol–water partition coefficient (Wildman–Crippen LogP) is 1.52. The van der Waals surface area contributed by atoms with Crippen molar-refractivity contribution >= 4 is 11.9 Å². The molecule has 4 heteroatoms. The molecule has 0 rings (SSSR count). The van der Waals surface area contributed by atoms with Gasteiger partial charge in [-0.25, -0.2) is 0 Å². The monoisotopic (exact) mass is 213 g/mol. The highest BCUT2D eigenvalue weighted by molar-refractivity contribution is 5.93. The number of nitrogens with zero attached hydrogens (tertiary/aromatic N) is 1. The van der Waals surface area contributed by atoms with Crippen LogP contribution in [0.4, 0.5) is 0 Å². The Hall–Kier alpha value is -1.32. The quantitative estimate of drug-likeness (QED) is 0.704. The van der Waals surface area contributed by atoms with Gasteiger partial charge < -0.3 is 10.0 Å². The number of allylic oxidation sites excluding steroid dienone is 1. The number of carboxylic acids is 1. The van der Waals surface area contributed by atoms with Gasteiger partial charge in [-0.15, -0.1) is 0 Å². The van der Waals surface area contributed by atoms with Gasteiger partial charge in [0.2, 0.25) is 5.91 Å². The number of likely N-dealkylation sites (N-methyl/N-ethyl adjacent to an activating group) is 1. The van der Waals surface area contributed by atoms with Crippen LogP contribution in [0.5, 0.6) is 0 Å². The topological polar surface area (TPSA) is 57.6 Å². The zero-order valence-corrected chi connectivity index (χ0v) is 9.78. The molecule has 0 saturated heterocycles. The normalized spacial score (nSPS) is 13.5. The van der Waals surface area contributed by atoms with Crippen LogP contribution in [-0.2, 0) is 9.59 Å². The third-order valence-electron chi connectivity index (χ3n) is 2.36. The van der Waals surface area contributed by atoms with Crippen LogP contribution in [0.15, 0.2) is 11.6 Å². The number of carboxylic acid groups (broad SMARTS) is 1. The molecule has 0 spiro atoms. The van der Waals surface area contributed by atoms with E-state index in [4.69, 9.17) is 5.11 Å². The largest absolute Gasteiger partial charge is 0.481 e. The van der Waals surface area contributed by atoms with Gasteiger partial charge in [0, 0.05) is 18.7 Å². The lowest BCUT2D eigenvalue weighted by molar-refractivity contribution is -0.142. The fraction of sp³-hybridized carbons (Fsp3) is 0.636. The van der Waals surface area contributed by atoms with Crippen LogP contribution >= 0.6 is 0 Å². The van der Waals surface area contributed by atoms with Gasteiger partial charge >= 0.3 is 5.97 Å². The Kier molecular flexibility index (Phi) is 5.67. The van der Waals surface area contributed by atoms with Crippen LogP contribution < -0.4 is 0 Å². The molecular formula is C11H19NO3. The van der Waals surface area contributed by atoms with E-state index in [1.807, 2.05) is 6.92 Å². The third-order valence-corrected chi connectivity index (χ3v) is 2.36. The number of hydrogen-bond donors (Lipinski definition) is 1. The lowest BCUT2D eigenvalue weighted by atomic mass is 10.1. The van der Waals surface area contributed by atoms with E-state index in [1.54, 1.807) is 31.7 Å². The highest BCUT2D eigenvalue weighted by Gasteiger charge is 2.19. The maximum atomic E-state index is 11.7. The fourth-order valence-corrected chi connectivity index (χ4v) is 1.14. The second-order valence-corrected chi connectivity index (χ2v) is 3.55. The van der Waals surface area contributed by atoms with Crippen molar-refractivity contribution in [2.24, 2.45) is 5.92 Å². The molecule has 0 saturated carbocycles. The first-order chi connectivity index (χ1) is 6.93. The molecule has 0 heterocycles. The van der Waals surface area contributed by atoms with Crippen molar-refractivity contribution in [1.29, 1.82) is 0 Å². The molecule has 0 aliphatic carbocycles. The highest BCUT2D eigenvalue weighted by Crippen LogP contribution is 2.05. The summed E-state index contributed by atoms with van der Waals surface area (Å²) in [5.74, 6) is -1.49. The summed E-state index contributed by atoms with van der Waals surface area (Å²) in [7, 11) is 0. The Morgan fingerprint density at radius 1 is 1.47 bits per heavy atom. The molecule has 15 heavy (non-hydrogen) atoms. The molecule has 0 aromatic heterocycles. The van der Waals surface area contributed by atoms with Crippen molar-refractivity contribution in [1.82, 2.24) is 4.90 Å². The summed E-state index contributed by atoms with van der Waals surface area (Å²) >= 11 is 0. The number of hydrogen-bond acceptors (Lipinski definition) is 2. The Morgan fingerprint density at radius 3 is 2.33 bits per heavy atom. The van der Waals surface area contributed by atoms with E-state index in [1.165, 1.54) is 0 Å². The van der Waals surface area contributed by atoms with E-state index in [0.29, 0.717) is 12.1 Å². The first-order valence-corrected chi connectivity index (χ1v) is 5.09. The van der Waals surface area contributed by atoms with E-state index in [2.05, 4.69) is 0 Å². The molecule has 1 amide bonds. The van der Waals surface area contributed by atoms with E-state index in [9.17, 15) is 9.59 Å². The maximum absolute atomic E-state index is 11.7. The summed E-state index contributed by atoms with van der Waals surface area (Å²) in [5, 5.41) is 8.75. The van der Waals surface area contributed by atoms with Crippen molar-refractivity contribution < 1.29 is 14.7 Å². The molecule has 0 unspecified atom stereocenters. The van der Waals surface area contributed by atoms with Gasteiger partial charge in [-0.3, -0.25) is 9.59 Å². The number of carbonyl (C=O) groups excluding carboxylic acids is 1. The van der Waals surface area contributed by atoms with Gasteiger partial charge in [-0.05, 0) is 20.8 Å². The highest BCUT2D eigenvalue weighted by atomic mass is 16.4.